The molecule has 4 heteroatoms. The van der Waals surface area contributed by atoms with Crippen molar-refractivity contribution in [3.8, 4) is 5.75 Å². The smallest absolute Gasteiger partial charge is 0.224 e. The van der Waals surface area contributed by atoms with Crippen molar-refractivity contribution in [2.75, 3.05) is 6.54 Å². The molecule has 1 aromatic carbocycles. The van der Waals surface area contributed by atoms with E-state index in [-0.39, 0.29) is 18.1 Å². The van der Waals surface area contributed by atoms with E-state index in [2.05, 4.69) is 12.2 Å². The van der Waals surface area contributed by atoms with E-state index in [0.717, 1.165) is 30.6 Å². The van der Waals surface area contributed by atoms with Gasteiger partial charge in [-0.3, -0.25) is 4.79 Å². The molecule has 0 aliphatic rings. The van der Waals surface area contributed by atoms with Crippen LogP contribution in [0.2, 0.25) is 0 Å². The summed E-state index contributed by atoms with van der Waals surface area (Å²) in [4.78, 5) is 12.1. The zero-order valence-electron chi connectivity index (χ0n) is 13.4. The molecular weight excluding hydrogens is 264 g/mol. The van der Waals surface area contributed by atoms with Crippen LogP contribution >= 0.6 is 0 Å². The first-order chi connectivity index (χ1) is 10.0. The molecule has 1 aromatic rings. The number of ether oxygens (including phenoxy) is 1. The van der Waals surface area contributed by atoms with Gasteiger partial charge in [-0.2, -0.15) is 0 Å². The highest BCUT2D eigenvalue weighted by Crippen LogP contribution is 2.15. The molecular formula is C17H28N2O2. The largest absolute Gasteiger partial charge is 0.491 e. The number of amides is 1. The lowest BCUT2D eigenvalue weighted by Gasteiger charge is -2.16. The zero-order valence-corrected chi connectivity index (χ0v) is 13.4. The van der Waals surface area contributed by atoms with Gasteiger partial charge in [0.1, 0.15) is 5.75 Å². The second-order valence-corrected chi connectivity index (χ2v) is 5.63. The molecule has 1 atom stereocenters. The fourth-order valence-electron chi connectivity index (χ4n) is 2.16. The van der Waals surface area contributed by atoms with Gasteiger partial charge in [0.2, 0.25) is 5.91 Å². The maximum absolute atomic E-state index is 12.1. The van der Waals surface area contributed by atoms with E-state index >= 15 is 0 Å². The van der Waals surface area contributed by atoms with Crippen molar-refractivity contribution >= 4 is 5.91 Å². The van der Waals surface area contributed by atoms with E-state index in [4.69, 9.17) is 10.5 Å². The number of unbranched alkanes of at least 4 members (excludes halogenated alkanes) is 1. The van der Waals surface area contributed by atoms with Gasteiger partial charge in [0.05, 0.1) is 12.5 Å². The Morgan fingerprint density at radius 1 is 1.38 bits per heavy atom. The highest BCUT2D eigenvalue weighted by atomic mass is 16.5. The Morgan fingerprint density at radius 3 is 2.76 bits per heavy atom. The minimum Gasteiger partial charge on any atom is -0.491 e. The first-order valence-electron chi connectivity index (χ1n) is 7.80. The molecule has 21 heavy (non-hydrogen) atoms. The number of rotatable bonds is 9. The number of carbonyl (C=O) groups excluding carboxylic acids is 1. The molecule has 0 spiro atoms. The van der Waals surface area contributed by atoms with Gasteiger partial charge in [0.15, 0.2) is 0 Å². The fourth-order valence-corrected chi connectivity index (χ4v) is 2.16. The first kappa shape index (κ1) is 17.5. The van der Waals surface area contributed by atoms with Crippen molar-refractivity contribution in [3.05, 3.63) is 29.8 Å². The molecule has 1 rings (SSSR count). The van der Waals surface area contributed by atoms with Gasteiger partial charge in [-0.1, -0.05) is 31.9 Å². The third-order valence-corrected chi connectivity index (χ3v) is 3.19. The number of hydrogen-bond donors (Lipinski definition) is 2. The average Bonchev–Trinajstić information content (AvgIpc) is 2.43. The molecule has 0 aliphatic heterocycles. The van der Waals surface area contributed by atoms with Crippen LogP contribution in [0.3, 0.4) is 0 Å². The van der Waals surface area contributed by atoms with Gasteiger partial charge in [0.25, 0.3) is 0 Å². The van der Waals surface area contributed by atoms with E-state index in [1.165, 1.54) is 0 Å². The maximum Gasteiger partial charge on any atom is 0.224 e. The lowest BCUT2D eigenvalue weighted by atomic mass is 10.1. The molecule has 0 saturated carbocycles. The Hall–Kier alpha value is -1.55. The second-order valence-electron chi connectivity index (χ2n) is 5.63. The fraction of sp³-hybridized carbons (Fsp3) is 0.588. The summed E-state index contributed by atoms with van der Waals surface area (Å²) in [5, 5.41) is 3.01. The van der Waals surface area contributed by atoms with Gasteiger partial charge in [-0.05, 0) is 38.0 Å². The van der Waals surface area contributed by atoms with E-state index < -0.39 is 0 Å². The van der Waals surface area contributed by atoms with E-state index in [0.29, 0.717) is 13.0 Å². The SMILES string of the molecule is CCCCC(CN)NC(=O)Cc1cccc(OC(C)C)c1. The normalized spacial score (nSPS) is 12.2. The summed E-state index contributed by atoms with van der Waals surface area (Å²) in [7, 11) is 0. The highest BCUT2D eigenvalue weighted by Gasteiger charge is 2.11. The third kappa shape index (κ3) is 7.14. The van der Waals surface area contributed by atoms with Gasteiger partial charge in [0, 0.05) is 12.6 Å². The predicted molar refractivity (Wildman–Crippen MR) is 86.4 cm³/mol. The van der Waals surface area contributed by atoms with E-state index in [1.807, 2.05) is 38.1 Å². The van der Waals surface area contributed by atoms with Crippen LogP contribution < -0.4 is 15.8 Å². The summed E-state index contributed by atoms with van der Waals surface area (Å²) in [6.45, 7) is 6.59. The summed E-state index contributed by atoms with van der Waals surface area (Å²) in [5.41, 5.74) is 6.65. The maximum atomic E-state index is 12.1. The Balaban J connectivity index is 2.53. The molecule has 0 radical (unpaired) electrons. The third-order valence-electron chi connectivity index (χ3n) is 3.19. The van der Waals surface area contributed by atoms with Crippen LogP contribution in [0.1, 0.15) is 45.6 Å². The molecule has 0 saturated heterocycles. The minimum absolute atomic E-state index is 0.0169. The van der Waals surface area contributed by atoms with Crippen LogP contribution in [0.25, 0.3) is 0 Å². The first-order valence-corrected chi connectivity index (χ1v) is 7.80. The Morgan fingerprint density at radius 2 is 2.14 bits per heavy atom. The van der Waals surface area contributed by atoms with Crippen LogP contribution in [0, 0.1) is 0 Å². The summed E-state index contributed by atoms with van der Waals surface area (Å²) in [6, 6.07) is 7.76. The summed E-state index contributed by atoms with van der Waals surface area (Å²) >= 11 is 0. The lowest BCUT2D eigenvalue weighted by molar-refractivity contribution is -0.121. The molecule has 1 amide bonds. The topological polar surface area (TPSA) is 64.3 Å². The van der Waals surface area contributed by atoms with Crippen LogP contribution in [0.4, 0.5) is 0 Å². The van der Waals surface area contributed by atoms with Crippen LogP contribution in [0.5, 0.6) is 5.75 Å². The van der Waals surface area contributed by atoms with Gasteiger partial charge in [-0.15, -0.1) is 0 Å². The molecule has 0 heterocycles. The highest BCUT2D eigenvalue weighted by molar-refractivity contribution is 5.79. The molecule has 0 aliphatic carbocycles. The molecule has 4 nitrogen and oxygen atoms in total. The predicted octanol–water partition coefficient (Wildman–Crippen LogP) is 2.65. The number of nitrogens with two attached hydrogens (primary N) is 1. The Bertz CT molecular complexity index is 433. The van der Waals surface area contributed by atoms with Crippen molar-refractivity contribution in [2.45, 2.75) is 58.6 Å². The van der Waals surface area contributed by atoms with Gasteiger partial charge >= 0.3 is 0 Å². The monoisotopic (exact) mass is 292 g/mol. The van der Waals surface area contributed by atoms with Crippen LogP contribution in [0.15, 0.2) is 24.3 Å². The average molecular weight is 292 g/mol. The lowest BCUT2D eigenvalue weighted by Crippen LogP contribution is -2.40. The van der Waals surface area contributed by atoms with Crippen molar-refractivity contribution in [3.63, 3.8) is 0 Å². The molecule has 0 bridgehead atoms. The quantitative estimate of drug-likeness (QED) is 0.735. The summed E-state index contributed by atoms with van der Waals surface area (Å²) in [5.74, 6) is 0.819. The van der Waals surface area contributed by atoms with Gasteiger partial charge < -0.3 is 15.8 Å². The van der Waals surface area contributed by atoms with Crippen molar-refractivity contribution < 1.29 is 9.53 Å². The van der Waals surface area contributed by atoms with E-state index in [9.17, 15) is 4.79 Å². The number of carbonyl (C=O) groups is 1. The molecule has 1 unspecified atom stereocenters. The summed E-state index contributed by atoms with van der Waals surface area (Å²) < 4.78 is 5.64. The standard InChI is InChI=1S/C17H28N2O2/c1-4-5-8-15(12-18)19-17(20)11-14-7-6-9-16(10-14)21-13(2)3/h6-7,9-10,13,15H,4-5,8,11-12,18H2,1-3H3,(H,19,20). The van der Waals surface area contributed by atoms with Crippen molar-refractivity contribution in [1.82, 2.24) is 5.32 Å². The molecule has 3 N–H and O–H groups in total. The molecule has 0 fully saturated rings. The van der Waals surface area contributed by atoms with Crippen molar-refractivity contribution in [1.29, 1.82) is 0 Å². The van der Waals surface area contributed by atoms with Crippen molar-refractivity contribution in [2.24, 2.45) is 5.73 Å². The molecule has 0 aromatic heterocycles. The Labute approximate surface area is 128 Å². The van der Waals surface area contributed by atoms with Gasteiger partial charge in [-0.25, -0.2) is 0 Å². The van der Waals surface area contributed by atoms with Crippen LogP contribution in [-0.2, 0) is 11.2 Å². The summed E-state index contributed by atoms with van der Waals surface area (Å²) in [6.07, 6.45) is 3.62. The zero-order chi connectivity index (χ0) is 15.7. The Kier molecular flexibility index (Phi) is 7.83. The number of hydrogen-bond acceptors (Lipinski definition) is 3. The minimum atomic E-state index is 0.0169. The number of benzene rings is 1. The molecule has 118 valence electrons. The second kappa shape index (κ2) is 9.40. The number of nitrogens with one attached hydrogen (secondary N) is 1. The van der Waals surface area contributed by atoms with Crippen LogP contribution in [-0.4, -0.2) is 24.6 Å². The van der Waals surface area contributed by atoms with E-state index in [1.54, 1.807) is 0 Å².